The number of rotatable bonds is 8. The van der Waals surface area contributed by atoms with Gasteiger partial charge < -0.3 is 9.64 Å². The fourth-order valence-electron chi connectivity index (χ4n) is 1.86. The summed E-state index contributed by atoms with van der Waals surface area (Å²) in [5, 5.41) is 0. The molecule has 0 saturated carbocycles. The van der Waals surface area contributed by atoms with E-state index in [0.717, 1.165) is 18.8 Å². The maximum absolute atomic E-state index is 5.19. The van der Waals surface area contributed by atoms with E-state index in [1.807, 2.05) is 12.1 Å². The van der Waals surface area contributed by atoms with Crippen LogP contribution >= 0.6 is 0 Å². The van der Waals surface area contributed by atoms with Crippen molar-refractivity contribution < 1.29 is 4.74 Å². The molecule has 0 radical (unpaired) electrons. The van der Waals surface area contributed by atoms with E-state index in [1.165, 1.54) is 31.4 Å². The highest BCUT2D eigenvalue weighted by molar-refractivity contribution is 5.48. The van der Waals surface area contributed by atoms with Gasteiger partial charge in [-0.2, -0.15) is 0 Å². The number of unbranched alkanes of at least 4 members (excludes halogenated alkanes) is 2. The molecule has 0 aromatic heterocycles. The summed E-state index contributed by atoms with van der Waals surface area (Å²) in [7, 11) is 1.71. The minimum Gasteiger partial charge on any atom is -0.497 e. The number of anilines is 1. The minimum absolute atomic E-state index is 0.930. The third-order valence-electron chi connectivity index (χ3n) is 3.00. The van der Waals surface area contributed by atoms with Gasteiger partial charge in [0.2, 0.25) is 0 Å². The quantitative estimate of drug-likeness (QED) is 0.672. The Balaban J connectivity index is 2.65. The molecule has 0 aliphatic rings. The molecule has 0 aliphatic carbocycles. The summed E-state index contributed by atoms with van der Waals surface area (Å²) in [5.74, 6) is 0.930. The van der Waals surface area contributed by atoms with Gasteiger partial charge in [0, 0.05) is 18.8 Å². The topological polar surface area (TPSA) is 12.5 Å². The number of hydrogen-bond acceptors (Lipinski definition) is 2. The predicted molar refractivity (Wildman–Crippen MR) is 75.0 cm³/mol. The van der Waals surface area contributed by atoms with Crippen molar-refractivity contribution in [3.05, 3.63) is 24.3 Å². The number of nitrogens with zero attached hydrogens (tertiary/aromatic N) is 1. The van der Waals surface area contributed by atoms with Crippen molar-refractivity contribution in [1.82, 2.24) is 0 Å². The van der Waals surface area contributed by atoms with Gasteiger partial charge in [-0.05, 0) is 37.1 Å². The van der Waals surface area contributed by atoms with Gasteiger partial charge in [-0.3, -0.25) is 0 Å². The molecule has 0 spiro atoms. The van der Waals surface area contributed by atoms with Crippen molar-refractivity contribution in [3.8, 4) is 5.75 Å². The Labute approximate surface area is 106 Å². The highest BCUT2D eigenvalue weighted by Crippen LogP contribution is 2.20. The molecule has 0 N–H and O–H groups in total. The highest BCUT2D eigenvalue weighted by atomic mass is 16.5. The van der Waals surface area contributed by atoms with Gasteiger partial charge >= 0.3 is 0 Å². The molecule has 2 nitrogen and oxygen atoms in total. The molecule has 1 aromatic rings. The van der Waals surface area contributed by atoms with Gasteiger partial charge in [0.15, 0.2) is 0 Å². The maximum atomic E-state index is 5.19. The Morgan fingerprint density at radius 2 is 1.47 bits per heavy atom. The van der Waals surface area contributed by atoms with Crippen molar-refractivity contribution >= 4 is 5.69 Å². The van der Waals surface area contributed by atoms with Crippen molar-refractivity contribution in [2.75, 3.05) is 25.1 Å². The van der Waals surface area contributed by atoms with E-state index in [2.05, 4.69) is 30.9 Å². The van der Waals surface area contributed by atoms with Crippen LogP contribution in [-0.2, 0) is 0 Å². The Kier molecular flexibility index (Phi) is 6.53. The molecule has 0 amide bonds. The van der Waals surface area contributed by atoms with Crippen LogP contribution in [0.5, 0.6) is 5.75 Å². The smallest absolute Gasteiger partial charge is 0.119 e. The van der Waals surface area contributed by atoms with E-state index < -0.39 is 0 Å². The van der Waals surface area contributed by atoms with E-state index >= 15 is 0 Å². The van der Waals surface area contributed by atoms with E-state index in [0.29, 0.717) is 0 Å². The lowest BCUT2D eigenvalue weighted by molar-refractivity contribution is 0.415. The van der Waals surface area contributed by atoms with Gasteiger partial charge in [-0.15, -0.1) is 0 Å². The second-order valence-electron chi connectivity index (χ2n) is 4.39. The first-order chi connectivity index (χ1) is 8.31. The highest BCUT2D eigenvalue weighted by Gasteiger charge is 2.05. The summed E-state index contributed by atoms with van der Waals surface area (Å²) in [6, 6.07) is 8.40. The molecule has 1 aromatic carbocycles. The molecule has 0 aliphatic heterocycles. The largest absolute Gasteiger partial charge is 0.497 e. The number of ether oxygens (including phenoxy) is 1. The summed E-state index contributed by atoms with van der Waals surface area (Å²) < 4.78 is 5.19. The Morgan fingerprint density at radius 3 is 1.88 bits per heavy atom. The summed E-state index contributed by atoms with van der Waals surface area (Å²) >= 11 is 0. The fourth-order valence-corrected chi connectivity index (χ4v) is 1.86. The summed E-state index contributed by atoms with van der Waals surface area (Å²) in [6.45, 7) is 6.80. The third-order valence-corrected chi connectivity index (χ3v) is 3.00. The Morgan fingerprint density at radius 1 is 0.941 bits per heavy atom. The molecular weight excluding hydrogens is 210 g/mol. The normalized spacial score (nSPS) is 10.3. The van der Waals surface area contributed by atoms with E-state index in [4.69, 9.17) is 4.74 Å². The van der Waals surface area contributed by atoms with Crippen LogP contribution < -0.4 is 9.64 Å². The average molecular weight is 235 g/mol. The Hall–Kier alpha value is -1.18. The molecule has 17 heavy (non-hydrogen) atoms. The zero-order valence-electron chi connectivity index (χ0n) is 11.4. The maximum Gasteiger partial charge on any atom is 0.119 e. The molecule has 2 heteroatoms. The molecular formula is C15H25NO. The molecule has 0 atom stereocenters. The lowest BCUT2D eigenvalue weighted by atomic mass is 10.2. The standard InChI is InChI=1S/C15H25NO/c1-4-6-12-16(13-7-5-2)14-8-10-15(17-3)11-9-14/h8-11H,4-7,12-13H2,1-3H3. The minimum atomic E-state index is 0.930. The van der Waals surface area contributed by atoms with Gasteiger partial charge in [0.05, 0.1) is 7.11 Å². The SMILES string of the molecule is CCCCN(CCCC)c1ccc(OC)cc1. The van der Waals surface area contributed by atoms with Crippen molar-refractivity contribution in [3.63, 3.8) is 0 Å². The van der Waals surface area contributed by atoms with Gasteiger partial charge in [-0.1, -0.05) is 26.7 Å². The predicted octanol–water partition coefficient (Wildman–Crippen LogP) is 4.10. The summed E-state index contributed by atoms with van der Waals surface area (Å²) in [6.07, 6.45) is 5.02. The average Bonchev–Trinajstić information content (AvgIpc) is 2.39. The zero-order valence-corrected chi connectivity index (χ0v) is 11.4. The van der Waals surface area contributed by atoms with Crippen LogP contribution in [-0.4, -0.2) is 20.2 Å². The van der Waals surface area contributed by atoms with Gasteiger partial charge in [0.25, 0.3) is 0 Å². The second-order valence-corrected chi connectivity index (χ2v) is 4.39. The monoisotopic (exact) mass is 235 g/mol. The second kappa shape index (κ2) is 7.99. The summed E-state index contributed by atoms with van der Waals surface area (Å²) in [4.78, 5) is 2.48. The third kappa shape index (κ3) is 4.68. The molecule has 0 saturated heterocycles. The first-order valence-electron chi connectivity index (χ1n) is 6.70. The van der Waals surface area contributed by atoms with Crippen molar-refractivity contribution in [1.29, 1.82) is 0 Å². The lowest BCUT2D eigenvalue weighted by Gasteiger charge is -2.24. The van der Waals surface area contributed by atoms with Gasteiger partial charge in [0.1, 0.15) is 5.75 Å². The van der Waals surface area contributed by atoms with Crippen LogP contribution in [0.2, 0.25) is 0 Å². The number of benzene rings is 1. The zero-order chi connectivity index (χ0) is 12.5. The molecule has 0 bridgehead atoms. The summed E-state index contributed by atoms with van der Waals surface area (Å²) in [5.41, 5.74) is 1.31. The van der Waals surface area contributed by atoms with Crippen LogP contribution in [0.15, 0.2) is 24.3 Å². The molecule has 1 rings (SSSR count). The first-order valence-corrected chi connectivity index (χ1v) is 6.70. The first kappa shape index (κ1) is 13.9. The Bertz CT molecular complexity index is 286. The van der Waals surface area contributed by atoms with E-state index in [1.54, 1.807) is 7.11 Å². The lowest BCUT2D eigenvalue weighted by Crippen LogP contribution is -2.25. The van der Waals surface area contributed by atoms with E-state index in [9.17, 15) is 0 Å². The molecule has 0 heterocycles. The molecule has 0 fully saturated rings. The van der Waals surface area contributed by atoms with Gasteiger partial charge in [-0.25, -0.2) is 0 Å². The number of methoxy groups -OCH3 is 1. The van der Waals surface area contributed by atoms with Crippen LogP contribution in [0.4, 0.5) is 5.69 Å². The van der Waals surface area contributed by atoms with E-state index in [-0.39, 0.29) is 0 Å². The van der Waals surface area contributed by atoms with Crippen LogP contribution in [0.25, 0.3) is 0 Å². The fraction of sp³-hybridized carbons (Fsp3) is 0.600. The molecule has 96 valence electrons. The van der Waals surface area contributed by atoms with Crippen molar-refractivity contribution in [2.45, 2.75) is 39.5 Å². The van der Waals surface area contributed by atoms with Crippen molar-refractivity contribution in [2.24, 2.45) is 0 Å². The van der Waals surface area contributed by atoms with Crippen LogP contribution in [0.3, 0.4) is 0 Å². The van der Waals surface area contributed by atoms with Crippen LogP contribution in [0.1, 0.15) is 39.5 Å². The number of hydrogen-bond donors (Lipinski definition) is 0. The molecule has 0 unspecified atom stereocenters. The van der Waals surface area contributed by atoms with Crippen LogP contribution in [0, 0.1) is 0 Å².